The molecule has 4 rings (SSSR count). The van der Waals surface area contributed by atoms with Gasteiger partial charge in [0.05, 0.1) is 21.8 Å². The van der Waals surface area contributed by atoms with Gasteiger partial charge in [-0.3, -0.25) is 14.4 Å². The van der Waals surface area contributed by atoms with Crippen LogP contribution < -0.4 is 11.0 Å². The van der Waals surface area contributed by atoms with E-state index in [2.05, 4.69) is 15.7 Å². The van der Waals surface area contributed by atoms with Crippen molar-refractivity contribution in [3.05, 3.63) is 85.2 Å². The smallest absolute Gasteiger partial charge is 0.300 e. The molecular formula is C25H20ClN5O4. The van der Waals surface area contributed by atoms with Crippen LogP contribution in [0.15, 0.2) is 51.4 Å². The van der Waals surface area contributed by atoms with E-state index in [4.69, 9.17) is 11.6 Å². The zero-order chi connectivity index (χ0) is 25.3. The van der Waals surface area contributed by atoms with E-state index in [1.54, 1.807) is 12.1 Å². The number of benzene rings is 2. The lowest BCUT2D eigenvalue weighted by molar-refractivity contribution is 0.0979. The number of carbonyl (C=O) groups is 2. The van der Waals surface area contributed by atoms with Gasteiger partial charge in [-0.25, -0.2) is 0 Å². The molecule has 0 radical (unpaired) electrons. The molecule has 0 unspecified atom stereocenters. The second-order valence-corrected chi connectivity index (χ2v) is 8.31. The summed E-state index contributed by atoms with van der Waals surface area (Å²) >= 11 is 6.22. The second-order valence-electron chi connectivity index (χ2n) is 7.91. The van der Waals surface area contributed by atoms with E-state index in [9.17, 15) is 24.8 Å². The van der Waals surface area contributed by atoms with Crippen LogP contribution in [0, 0.1) is 18.3 Å². The summed E-state index contributed by atoms with van der Waals surface area (Å²) in [5.74, 6) is -1.37. The van der Waals surface area contributed by atoms with E-state index in [0.29, 0.717) is 6.54 Å². The minimum Gasteiger partial charge on any atom is -0.492 e. The van der Waals surface area contributed by atoms with Crippen molar-refractivity contribution in [2.45, 2.75) is 26.7 Å². The van der Waals surface area contributed by atoms with Crippen molar-refractivity contribution in [3.63, 3.8) is 0 Å². The molecule has 35 heavy (non-hydrogen) atoms. The minimum absolute atomic E-state index is 0.0279. The molecule has 3 aromatic rings. The van der Waals surface area contributed by atoms with Gasteiger partial charge >= 0.3 is 0 Å². The number of rotatable bonds is 6. The molecule has 0 spiro atoms. The topological polar surface area (TPSA) is 137 Å². The first-order chi connectivity index (χ1) is 16.8. The molecule has 1 aliphatic rings. The molecule has 0 fully saturated rings. The van der Waals surface area contributed by atoms with Crippen LogP contribution in [0.2, 0.25) is 5.02 Å². The molecule has 0 saturated heterocycles. The number of nitrogens with one attached hydrogen (secondary N) is 1. The molecule has 0 amide bonds. The van der Waals surface area contributed by atoms with E-state index in [1.807, 2.05) is 13.0 Å². The van der Waals surface area contributed by atoms with E-state index in [0.717, 1.165) is 17.5 Å². The molecule has 10 heteroatoms. The van der Waals surface area contributed by atoms with E-state index < -0.39 is 17.2 Å². The van der Waals surface area contributed by atoms with Crippen molar-refractivity contribution in [2.24, 2.45) is 10.2 Å². The predicted octanol–water partition coefficient (Wildman–Crippen LogP) is 4.92. The van der Waals surface area contributed by atoms with Crippen LogP contribution in [0.5, 0.6) is 5.88 Å². The van der Waals surface area contributed by atoms with Crippen molar-refractivity contribution in [2.75, 3.05) is 12.0 Å². The number of aromatic nitrogens is 1. The SMILES string of the molecule is CCCCNn1c(O)c(C#N)c(C)c(N=Nc2cccc3c2C(=O)c2c(Cl)cccc2C3=O)c1=O. The summed E-state index contributed by atoms with van der Waals surface area (Å²) in [6, 6.07) is 11.1. The molecule has 2 aromatic carbocycles. The highest BCUT2D eigenvalue weighted by Gasteiger charge is 2.33. The fourth-order valence-electron chi connectivity index (χ4n) is 3.90. The second kappa shape index (κ2) is 9.52. The number of aromatic hydroxyl groups is 1. The summed E-state index contributed by atoms with van der Waals surface area (Å²) in [5, 5.41) is 28.2. The van der Waals surface area contributed by atoms with Crippen LogP contribution in [-0.2, 0) is 0 Å². The first-order valence-electron chi connectivity index (χ1n) is 10.9. The normalized spacial score (nSPS) is 12.4. The maximum atomic E-state index is 13.3. The van der Waals surface area contributed by atoms with Gasteiger partial charge in [0.2, 0.25) is 5.88 Å². The summed E-state index contributed by atoms with van der Waals surface area (Å²) in [5.41, 5.74) is 2.44. The molecule has 1 aromatic heterocycles. The molecule has 176 valence electrons. The Morgan fingerprint density at radius 1 is 1.06 bits per heavy atom. The van der Waals surface area contributed by atoms with E-state index in [-0.39, 0.29) is 55.6 Å². The van der Waals surface area contributed by atoms with Gasteiger partial charge in [0, 0.05) is 23.2 Å². The van der Waals surface area contributed by atoms with Crippen molar-refractivity contribution in [1.82, 2.24) is 4.68 Å². The standard InChI is InChI=1S/C25H20ClN5O4/c1-3-4-11-28-31-24(34)16(12-27)13(2)21(25(31)35)30-29-18-10-6-8-15-20(18)23(33)19-14(22(15)32)7-5-9-17(19)26/h5-10,28,34H,3-4,11H2,1-2H3. The van der Waals surface area contributed by atoms with Crippen LogP contribution >= 0.6 is 11.6 Å². The number of azo groups is 1. The van der Waals surface area contributed by atoms with Crippen LogP contribution in [0.25, 0.3) is 0 Å². The summed E-state index contributed by atoms with van der Waals surface area (Å²) in [6.45, 7) is 3.82. The summed E-state index contributed by atoms with van der Waals surface area (Å²) in [7, 11) is 0. The first kappa shape index (κ1) is 23.9. The van der Waals surface area contributed by atoms with Gasteiger partial charge in [-0.1, -0.05) is 49.2 Å². The Bertz CT molecular complexity index is 1520. The zero-order valence-electron chi connectivity index (χ0n) is 18.9. The lowest BCUT2D eigenvalue weighted by atomic mass is 9.83. The molecule has 0 aliphatic heterocycles. The number of hydrogen-bond acceptors (Lipinski definition) is 8. The van der Waals surface area contributed by atoms with Gasteiger partial charge < -0.3 is 10.5 Å². The summed E-state index contributed by atoms with van der Waals surface area (Å²) < 4.78 is 0.862. The maximum absolute atomic E-state index is 13.3. The number of fused-ring (bicyclic) bond motifs is 2. The van der Waals surface area contributed by atoms with Gasteiger partial charge in [-0.15, -0.1) is 10.2 Å². The number of hydrogen-bond donors (Lipinski definition) is 2. The van der Waals surface area contributed by atoms with Gasteiger partial charge in [-0.05, 0) is 25.5 Å². The quantitative estimate of drug-likeness (QED) is 0.291. The highest BCUT2D eigenvalue weighted by atomic mass is 35.5. The monoisotopic (exact) mass is 489 g/mol. The van der Waals surface area contributed by atoms with Crippen LogP contribution in [0.1, 0.15) is 62.7 Å². The number of ketones is 2. The number of nitrogens with zero attached hydrogens (tertiary/aromatic N) is 4. The fraction of sp³-hybridized carbons (Fsp3) is 0.200. The third-order valence-electron chi connectivity index (χ3n) is 5.74. The van der Waals surface area contributed by atoms with Gasteiger partial charge in [0.25, 0.3) is 5.56 Å². The highest BCUT2D eigenvalue weighted by Crippen LogP contribution is 2.37. The van der Waals surface area contributed by atoms with Crippen LogP contribution in [0.4, 0.5) is 11.4 Å². The molecule has 9 nitrogen and oxygen atoms in total. The minimum atomic E-state index is -0.709. The van der Waals surface area contributed by atoms with Gasteiger partial charge in [-0.2, -0.15) is 9.94 Å². The third-order valence-corrected chi connectivity index (χ3v) is 6.06. The van der Waals surface area contributed by atoms with E-state index in [1.165, 1.54) is 31.2 Å². The Hall–Kier alpha value is -4.29. The Morgan fingerprint density at radius 2 is 1.74 bits per heavy atom. The average Bonchev–Trinajstić information content (AvgIpc) is 2.84. The average molecular weight is 490 g/mol. The number of halogens is 1. The lowest BCUT2D eigenvalue weighted by Crippen LogP contribution is -2.30. The Morgan fingerprint density at radius 3 is 2.43 bits per heavy atom. The largest absolute Gasteiger partial charge is 0.492 e. The first-order valence-corrected chi connectivity index (χ1v) is 11.2. The fourth-order valence-corrected chi connectivity index (χ4v) is 4.16. The molecule has 0 bridgehead atoms. The summed E-state index contributed by atoms with van der Waals surface area (Å²) in [6.07, 6.45) is 1.58. The van der Waals surface area contributed by atoms with Crippen LogP contribution in [0.3, 0.4) is 0 Å². The lowest BCUT2D eigenvalue weighted by Gasteiger charge is -2.19. The van der Waals surface area contributed by atoms with Crippen molar-refractivity contribution in [1.29, 1.82) is 5.26 Å². The van der Waals surface area contributed by atoms with E-state index >= 15 is 0 Å². The number of pyridine rings is 1. The Kier molecular flexibility index (Phi) is 6.49. The van der Waals surface area contributed by atoms with Crippen LogP contribution in [-0.4, -0.2) is 27.9 Å². The maximum Gasteiger partial charge on any atom is 0.300 e. The molecular weight excluding hydrogens is 470 g/mol. The molecule has 0 atom stereocenters. The molecule has 1 heterocycles. The van der Waals surface area contributed by atoms with Crippen molar-refractivity contribution in [3.8, 4) is 11.9 Å². The third kappa shape index (κ3) is 3.98. The summed E-state index contributed by atoms with van der Waals surface area (Å²) in [4.78, 5) is 39.4. The number of unbranched alkanes of at least 4 members (excludes halogenated alkanes) is 1. The predicted molar refractivity (Wildman–Crippen MR) is 130 cm³/mol. The Balaban J connectivity index is 1.84. The van der Waals surface area contributed by atoms with Crippen molar-refractivity contribution >= 4 is 34.5 Å². The Labute approximate surface area is 205 Å². The molecule has 1 aliphatic carbocycles. The number of nitriles is 1. The zero-order valence-corrected chi connectivity index (χ0v) is 19.7. The highest BCUT2D eigenvalue weighted by molar-refractivity contribution is 6.39. The number of carbonyl (C=O) groups excluding carboxylic acids is 2. The van der Waals surface area contributed by atoms with Gasteiger partial charge in [0.15, 0.2) is 17.3 Å². The molecule has 2 N–H and O–H groups in total. The molecule has 0 saturated carbocycles. The van der Waals surface area contributed by atoms with Gasteiger partial charge in [0.1, 0.15) is 11.6 Å². The van der Waals surface area contributed by atoms with Crippen molar-refractivity contribution < 1.29 is 14.7 Å².